The highest BCUT2D eigenvalue weighted by molar-refractivity contribution is 5.82. The lowest BCUT2D eigenvalue weighted by atomic mass is 9.79. The Bertz CT molecular complexity index is 454. The highest BCUT2D eigenvalue weighted by Gasteiger charge is 2.38. The molecule has 0 bridgehead atoms. The van der Waals surface area contributed by atoms with Gasteiger partial charge in [0.25, 0.3) is 0 Å². The number of rotatable bonds is 4. The fourth-order valence-electron chi connectivity index (χ4n) is 3.10. The van der Waals surface area contributed by atoms with Crippen LogP contribution in [-0.2, 0) is 14.3 Å². The van der Waals surface area contributed by atoms with Gasteiger partial charge in [0.15, 0.2) is 0 Å². The van der Waals surface area contributed by atoms with Crippen molar-refractivity contribution in [1.29, 1.82) is 0 Å². The van der Waals surface area contributed by atoms with Crippen molar-refractivity contribution in [1.82, 2.24) is 15.5 Å². The van der Waals surface area contributed by atoms with Crippen LogP contribution in [0, 0.1) is 5.41 Å². The molecule has 0 aromatic carbocycles. The summed E-state index contributed by atoms with van der Waals surface area (Å²) in [5.41, 5.74) is 4.80. The van der Waals surface area contributed by atoms with Crippen molar-refractivity contribution in [2.45, 2.75) is 38.6 Å². The second-order valence-electron chi connectivity index (χ2n) is 6.36. The van der Waals surface area contributed by atoms with Crippen molar-refractivity contribution in [2.24, 2.45) is 11.1 Å². The van der Waals surface area contributed by atoms with Crippen LogP contribution in [0.3, 0.4) is 0 Å². The number of amides is 4. The lowest BCUT2D eigenvalue weighted by molar-refractivity contribution is -0.132. The van der Waals surface area contributed by atoms with Crippen LogP contribution >= 0.6 is 0 Å². The molecule has 2 rings (SSSR count). The van der Waals surface area contributed by atoms with Crippen molar-refractivity contribution in [3.63, 3.8) is 0 Å². The molecule has 8 heteroatoms. The minimum atomic E-state index is -0.715. The molecule has 2 fully saturated rings. The maximum absolute atomic E-state index is 12.0. The number of nitrogens with two attached hydrogens (primary N) is 1. The quantitative estimate of drug-likeness (QED) is 0.651. The Labute approximate surface area is 136 Å². The van der Waals surface area contributed by atoms with Gasteiger partial charge in [-0.25, -0.2) is 4.79 Å². The van der Waals surface area contributed by atoms with Crippen LogP contribution in [0.5, 0.6) is 0 Å². The second kappa shape index (κ2) is 7.63. The standard InChI is InChI=1S/C15H26N4O4/c1-11(20)19-6-2-12(3-7-19)18-14(22)17-10-15(13(16)21)4-8-23-9-5-15/h12H,2-10H2,1H3,(H2,16,21)(H2,17,18,22). The summed E-state index contributed by atoms with van der Waals surface area (Å²) in [6.07, 6.45) is 2.53. The minimum absolute atomic E-state index is 0.0461. The van der Waals surface area contributed by atoms with Crippen molar-refractivity contribution < 1.29 is 19.1 Å². The third-order valence-corrected chi connectivity index (χ3v) is 4.84. The fraction of sp³-hybridized carbons (Fsp3) is 0.800. The van der Waals surface area contributed by atoms with E-state index < -0.39 is 11.3 Å². The number of hydrogen-bond donors (Lipinski definition) is 3. The number of carbonyl (C=O) groups is 3. The zero-order valence-corrected chi connectivity index (χ0v) is 13.6. The molecule has 0 radical (unpaired) electrons. The molecular weight excluding hydrogens is 300 g/mol. The smallest absolute Gasteiger partial charge is 0.315 e. The van der Waals surface area contributed by atoms with Gasteiger partial charge in [0.2, 0.25) is 11.8 Å². The van der Waals surface area contributed by atoms with E-state index in [4.69, 9.17) is 10.5 Å². The lowest BCUT2D eigenvalue weighted by Gasteiger charge is -2.35. The first-order valence-corrected chi connectivity index (χ1v) is 8.10. The Kier molecular flexibility index (Phi) is 5.81. The van der Waals surface area contributed by atoms with Crippen LogP contribution in [0.2, 0.25) is 0 Å². The monoisotopic (exact) mass is 326 g/mol. The Morgan fingerprint density at radius 1 is 1.22 bits per heavy atom. The van der Waals surface area contributed by atoms with Crippen LogP contribution in [0.15, 0.2) is 0 Å². The molecule has 0 spiro atoms. The molecule has 0 aliphatic carbocycles. The third kappa shape index (κ3) is 4.57. The summed E-state index contributed by atoms with van der Waals surface area (Å²) in [5, 5.41) is 5.67. The normalized spacial score (nSPS) is 21.5. The Hall–Kier alpha value is -1.83. The van der Waals surface area contributed by atoms with E-state index in [1.807, 2.05) is 0 Å². The number of primary amides is 1. The van der Waals surface area contributed by atoms with Crippen LogP contribution in [0.4, 0.5) is 4.79 Å². The van der Waals surface area contributed by atoms with Gasteiger partial charge in [-0.05, 0) is 25.7 Å². The van der Waals surface area contributed by atoms with Crippen LogP contribution in [-0.4, -0.2) is 61.6 Å². The first kappa shape index (κ1) is 17.5. The Morgan fingerprint density at radius 2 is 1.83 bits per heavy atom. The number of nitrogens with zero attached hydrogens (tertiary/aromatic N) is 1. The molecule has 0 aromatic heterocycles. The number of carbonyl (C=O) groups excluding carboxylic acids is 3. The van der Waals surface area contributed by atoms with Gasteiger partial charge in [-0.1, -0.05) is 0 Å². The first-order chi connectivity index (χ1) is 10.9. The van der Waals surface area contributed by atoms with Crippen LogP contribution in [0.25, 0.3) is 0 Å². The van der Waals surface area contributed by atoms with Crippen molar-refractivity contribution in [3.05, 3.63) is 0 Å². The molecule has 23 heavy (non-hydrogen) atoms. The van der Waals surface area contributed by atoms with Gasteiger partial charge < -0.3 is 26.0 Å². The molecule has 2 heterocycles. The molecule has 8 nitrogen and oxygen atoms in total. The predicted octanol–water partition coefficient (Wildman–Crippen LogP) is -0.421. The predicted molar refractivity (Wildman–Crippen MR) is 83.5 cm³/mol. The van der Waals surface area contributed by atoms with Gasteiger partial charge >= 0.3 is 6.03 Å². The molecule has 0 atom stereocenters. The largest absolute Gasteiger partial charge is 0.381 e. The maximum Gasteiger partial charge on any atom is 0.315 e. The summed E-state index contributed by atoms with van der Waals surface area (Å²) in [5.74, 6) is -0.327. The van der Waals surface area contributed by atoms with Crippen molar-refractivity contribution in [2.75, 3.05) is 32.8 Å². The molecular formula is C15H26N4O4. The summed E-state index contributed by atoms with van der Waals surface area (Å²) >= 11 is 0. The zero-order chi connectivity index (χ0) is 16.9. The average molecular weight is 326 g/mol. The maximum atomic E-state index is 12.0. The summed E-state index contributed by atoms with van der Waals surface area (Å²) in [7, 11) is 0. The molecule has 2 aliphatic rings. The molecule has 2 aliphatic heterocycles. The van der Waals surface area contributed by atoms with Crippen LogP contribution in [0.1, 0.15) is 32.6 Å². The zero-order valence-electron chi connectivity index (χ0n) is 13.6. The fourth-order valence-corrected chi connectivity index (χ4v) is 3.10. The number of hydrogen-bond acceptors (Lipinski definition) is 4. The number of ether oxygens (including phenoxy) is 1. The Morgan fingerprint density at radius 3 is 2.35 bits per heavy atom. The van der Waals surface area contributed by atoms with Crippen LogP contribution < -0.4 is 16.4 Å². The number of piperidine rings is 1. The van der Waals surface area contributed by atoms with E-state index in [2.05, 4.69) is 10.6 Å². The molecule has 4 N–H and O–H groups in total. The summed E-state index contributed by atoms with van der Waals surface area (Å²) < 4.78 is 5.26. The molecule has 0 saturated carbocycles. The minimum Gasteiger partial charge on any atom is -0.381 e. The van der Waals surface area contributed by atoms with Gasteiger partial charge in [0.05, 0.1) is 5.41 Å². The Balaban J connectivity index is 1.76. The van der Waals surface area contributed by atoms with E-state index in [0.29, 0.717) is 39.1 Å². The van der Waals surface area contributed by atoms with E-state index in [-0.39, 0.29) is 24.5 Å². The van der Waals surface area contributed by atoms with Gasteiger partial charge in [-0.15, -0.1) is 0 Å². The highest BCUT2D eigenvalue weighted by atomic mass is 16.5. The summed E-state index contributed by atoms with van der Waals surface area (Å²) in [6.45, 7) is 4.05. The topological polar surface area (TPSA) is 114 Å². The second-order valence-corrected chi connectivity index (χ2v) is 6.36. The van der Waals surface area contributed by atoms with Gasteiger partial charge in [0.1, 0.15) is 0 Å². The molecule has 4 amide bonds. The molecule has 0 unspecified atom stereocenters. The summed E-state index contributed by atoms with van der Waals surface area (Å²) in [4.78, 5) is 36.8. The van der Waals surface area contributed by atoms with Crippen molar-refractivity contribution in [3.8, 4) is 0 Å². The molecule has 2 saturated heterocycles. The third-order valence-electron chi connectivity index (χ3n) is 4.84. The average Bonchev–Trinajstić information content (AvgIpc) is 2.54. The van der Waals surface area contributed by atoms with Gasteiger partial charge in [-0.3, -0.25) is 9.59 Å². The van der Waals surface area contributed by atoms with Gasteiger partial charge in [-0.2, -0.15) is 0 Å². The summed E-state index contributed by atoms with van der Waals surface area (Å²) in [6, 6.07) is -0.247. The van der Waals surface area contributed by atoms with E-state index in [1.165, 1.54) is 0 Å². The molecule has 130 valence electrons. The van der Waals surface area contributed by atoms with E-state index >= 15 is 0 Å². The lowest BCUT2D eigenvalue weighted by Crippen LogP contribution is -2.53. The number of likely N-dealkylation sites (tertiary alicyclic amines) is 1. The van der Waals surface area contributed by atoms with Crippen molar-refractivity contribution >= 4 is 17.8 Å². The number of nitrogens with one attached hydrogen (secondary N) is 2. The van der Waals surface area contributed by atoms with E-state index in [9.17, 15) is 14.4 Å². The van der Waals surface area contributed by atoms with E-state index in [0.717, 1.165) is 12.8 Å². The van der Waals surface area contributed by atoms with Gasteiger partial charge in [0, 0.05) is 45.8 Å². The van der Waals surface area contributed by atoms with E-state index in [1.54, 1.807) is 11.8 Å². The molecule has 0 aromatic rings. The first-order valence-electron chi connectivity index (χ1n) is 8.10. The number of urea groups is 1. The SMILES string of the molecule is CC(=O)N1CCC(NC(=O)NCC2(C(N)=O)CCOCC2)CC1. The highest BCUT2D eigenvalue weighted by Crippen LogP contribution is 2.29.